The summed E-state index contributed by atoms with van der Waals surface area (Å²) in [5, 5.41) is 2.82. The van der Waals surface area contributed by atoms with Gasteiger partial charge < -0.3 is 24.3 Å². The molecule has 0 heterocycles. The van der Waals surface area contributed by atoms with Crippen LogP contribution >= 0.6 is 0 Å². The molecule has 0 aromatic heterocycles. The van der Waals surface area contributed by atoms with Gasteiger partial charge in [0.25, 0.3) is 0 Å². The van der Waals surface area contributed by atoms with Crippen LogP contribution in [0.1, 0.15) is 24.9 Å². The van der Waals surface area contributed by atoms with Crippen LogP contribution in [-0.4, -0.2) is 45.4 Å². The number of carbonyl (C=O) groups is 2. The Morgan fingerprint density at radius 3 is 2.48 bits per heavy atom. The maximum Gasteiger partial charge on any atom is 0.308 e. The molecule has 2 aromatic rings. The highest BCUT2D eigenvalue weighted by Gasteiger charge is 2.20. The number of methoxy groups -OCH3 is 1. The van der Waals surface area contributed by atoms with Gasteiger partial charge in [-0.2, -0.15) is 0 Å². The Bertz CT molecular complexity index is 765. The van der Waals surface area contributed by atoms with Gasteiger partial charge in [0.05, 0.1) is 32.8 Å². The standard InChI is InChI=1S/C22H27NO6/c1-3-28-22(25)15-20(17-8-7-11-19(14-17)26-2)23-21(24)16-27-12-13-29-18-9-5-4-6-10-18/h4-11,14,20H,3,12-13,15-16H2,1-2H3,(H,23,24). The van der Waals surface area contributed by atoms with E-state index >= 15 is 0 Å². The Balaban J connectivity index is 1.84. The molecule has 0 fully saturated rings. The fraction of sp³-hybridized carbons (Fsp3) is 0.364. The summed E-state index contributed by atoms with van der Waals surface area (Å²) >= 11 is 0. The number of nitrogens with one attached hydrogen (secondary N) is 1. The lowest BCUT2D eigenvalue weighted by atomic mass is 10.0. The van der Waals surface area contributed by atoms with Crippen molar-refractivity contribution in [1.82, 2.24) is 5.32 Å². The van der Waals surface area contributed by atoms with E-state index < -0.39 is 12.0 Å². The van der Waals surface area contributed by atoms with Gasteiger partial charge in [-0.1, -0.05) is 30.3 Å². The van der Waals surface area contributed by atoms with Gasteiger partial charge in [0.1, 0.15) is 24.7 Å². The average molecular weight is 401 g/mol. The molecule has 156 valence electrons. The zero-order chi connectivity index (χ0) is 20.9. The third-order valence-corrected chi connectivity index (χ3v) is 3.98. The summed E-state index contributed by atoms with van der Waals surface area (Å²) in [7, 11) is 1.56. The molecule has 0 spiro atoms. The van der Waals surface area contributed by atoms with Gasteiger partial charge in [0, 0.05) is 0 Å². The zero-order valence-electron chi connectivity index (χ0n) is 16.8. The fourth-order valence-corrected chi connectivity index (χ4v) is 2.63. The van der Waals surface area contributed by atoms with Gasteiger partial charge in [0.2, 0.25) is 5.91 Å². The number of rotatable bonds is 12. The molecule has 0 radical (unpaired) electrons. The van der Waals surface area contributed by atoms with Crippen LogP contribution < -0.4 is 14.8 Å². The molecule has 1 amide bonds. The first kappa shape index (κ1) is 22.2. The van der Waals surface area contributed by atoms with Crippen LogP contribution in [-0.2, 0) is 19.1 Å². The molecule has 1 atom stereocenters. The lowest BCUT2D eigenvalue weighted by Crippen LogP contribution is -2.33. The molecule has 2 rings (SSSR count). The molecule has 0 aliphatic rings. The Morgan fingerprint density at radius 2 is 1.76 bits per heavy atom. The maximum atomic E-state index is 12.3. The summed E-state index contributed by atoms with van der Waals surface area (Å²) in [6, 6.07) is 16.0. The van der Waals surface area contributed by atoms with E-state index in [0.29, 0.717) is 12.4 Å². The van der Waals surface area contributed by atoms with E-state index in [2.05, 4.69) is 5.32 Å². The SMILES string of the molecule is CCOC(=O)CC(NC(=O)COCCOc1ccccc1)c1cccc(OC)c1. The summed E-state index contributed by atoms with van der Waals surface area (Å²) in [5.74, 6) is 0.660. The Hall–Kier alpha value is -3.06. The number of hydrogen-bond donors (Lipinski definition) is 1. The van der Waals surface area contributed by atoms with Gasteiger partial charge in [-0.15, -0.1) is 0 Å². The second kappa shape index (κ2) is 12.4. The number of carbonyl (C=O) groups excluding carboxylic acids is 2. The zero-order valence-corrected chi connectivity index (χ0v) is 16.8. The third-order valence-electron chi connectivity index (χ3n) is 3.98. The van der Waals surface area contributed by atoms with Crippen LogP contribution in [0.4, 0.5) is 0 Å². The Kier molecular flexibility index (Phi) is 9.51. The van der Waals surface area contributed by atoms with Crippen molar-refractivity contribution in [1.29, 1.82) is 0 Å². The minimum Gasteiger partial charge on any atom is -0.497 e. The summed E-state index contributed by atoms with van der Waals surface area (Å²) in [6.07, 6.45) is 0.0177. The number of benzene rings is 2. The lowest BCUT2D eigenvalue weighted by molar-refractivity contribution is -0.144. The second-order valence-electron chi connectivity index (χ2n) is 6.12. The molecule has 0 saturated carbocycles. The topological polar surface area (TPSA) is 83.1 Å². The molecular formula is C22H27NO6. The molecule has 1 unspecified atom stereocenters. The predicted molar refractivity (Wildman–Crippen MR) is 108 cm³/mol. The van der Waals surface area contributed by atoms with Crippen molar-refractivity contribution in [2.24, 2.45) is 0 Å². The van der Waals surface area contributed by atoms with Crippen molar-refractivity contribution < 1.29 is 28.5 Å². The largest absolute Gasteiger partial charge is 0.497 e. The Morgan fingerprint density at radius 1 is 1.00 bits per heavy atom. The number of esters is 1. The van der Waals surface area contributed by atoms with Gasteiger partial charge in [0.15, 0.2) is 0 Å². The second-order valence-corrected chi connectivity index (χ2v) is 6.12. The first-order chi connectivity index (χ1) is 14.1. The van der Waals surface area contributed by atoms with Crippen molar-refractivity contribution in [3.63, 3.8) is 0 Å². The van der Waals surface area contributed by atoms with Crippen molar-refractivity contribution in [3.05, 3.63) is 60.2 Å². The molecule has 0 aliphatic heterocycles. The maximum absolute atomic E-state index is 12.3. The third kappa shape index (κ3) is 8.23. The number of para-hydroxylation sites is 1. The van der Waals surface area contributed by atoms with Crippen LogP contribution in [0, 0.1) is 0 Å². The highest BCUT2D eigenvalue weighted by atomic mass is 16.5. The molecule has 2 aromatic carbocycles. The quantitative estimate of drug-likeness (QED) is 0.435. The van der Waals surface area contributed by atoms with Gasteiger partial charge >= 0.3 is 5.97 Å². The number of hydrogen-bond acceptors (Lipinski definition) is 6. The van der Waals surface area contributed by atoms with Crippen LogP contribution in [0.3, 0.4) is 0 Å². The highest BCUT2D eigenvalue weighted by Crippen LogP contribution is 2.22. The molecule has 7 nitrogen and oxygen atoms in total. The molecule has 29 heavy (non-hydrogen) atoms. The van der Waals surface area contributed by atoms with E-state index in [9.17, 15) is 9.59 Å². The smallest absolute Gasteiger partial charge is 0.308 e. The van der Waals surface area contributed by atoms with Crippen LogP contribution in [0.15, 0.2) is 54.6 Å². The van der Waals surface area contributed by atoms with Crippen molar-refractivity contribution >= 4 is 11.9 Å². The van der Waals surface area contributed by atoms with Crippen LogP contribution in [0.5, 0.6) is 11.5 Å². The van der Waals surface area contributed by atoms with E-state index in [1.165, 1.54) is 0 Å². The van der Waals surface area contributed by atoms with E-state index in [4.69, 9.17) is 18.9 Å². The minimum atomic E-state index is -0.541. The molecule has 1 N–H and O–H groups in total. The molecule has 0 bridgehead atoms. The summed E-state index contributed by atoms with van der Waals surface area (Å²) < 4.78 is 21.1. The molecule has 0 aliphatic carbocycles. The Labute approximate surface area is 170 Å². The van der Waals surface area contributed by atoms with E-state index in [0.717, 1.165) is 11.3 Å². The number of amides is 1. The average Bonchev–Trinajstić information content (AvgIpc) is 2.74. The van der Waals surface area contributed by atoms with E-state index in [1.54, 1.807) is 32.2 Å². The van der Waals surface area contributed by atoms with Crippen molar-refractivity contribution in [2.75, 3.05) is 33.5 Å². The fourth-order valence-electron chi connectivity index (χ4n) is 2.63. The van der Waals surface area contributed by atoms with Gasteiger partial charge in [-0.3, -0.25) is 9.59 Å². The predicted octanol–water partition coefficient (Wildman–Crippen LogP) is 2.90. The van der Waals surface area contributed by atoms with Gasteiger partial charge in [-0.25, -0.2) is 0 Å². The van der Waals surface area contributed by atoms with Crippen molar-refractivity contribution in [3.8, 4) is 11.5 Å². The minimum absolute atomic E-state index is 0.0177. The van der Waals surface area contributed by atoms with E-state index in [1.807, 2.05) is 36.4 Å². The lowest BCUT2D eigenvalue weighted by Gasteiger charge is -2.19. The summed E-state index contributed by atoms with van der Waals surface area (Å²) in [4.78, 5) is 24.2. The summed E-state index contributed by atoms with van der Waals surface area (Å²) in [6.45, 7) is 2.48. The first-order valence-electron chi connectivity index (χ1n) is 9.47. The van der Waals surface area contributed by atoms with Crippen LogP contribution in [0.2, 0.25) is 0 Å². The normalized spacial score (nSPS) is 11.4. The monoisotopic (exact) mass is 401 g/mol. The highest BCUT2D eigenvalue weighted by molar-refractivity contribution is 5.79. The molecule has 0 saturated heterocycles. The number of ether oxygens (including phenoxy) is 4. The molecule has 7 heteroatoms. The first-order valence-corrected chi connectivity index (χ1v) is 9.47. The van der Waals surface area contributed by atoms with Crippen LogP contribution in [0.25, 0.3) is 0 Å². The van der Waals surface area contributed by atoms with Gasteiger partial charge in [-0.05, 0) is 36.8 Å². The molecular weight excluding hydrogens is 374 g/mol. The van der Waals surface area contributed by atoms with Crippen molar-refractivity contribution in [2.45, 2.75) is 19.4 Å². The summed E-state index contributed by atoms with van der Waals surface area (Å²) in [5.41, 5.74) is 0.748. The van der Waals surface area contributed by atoms with E-state index in [-0.39, 0.29) is 32.1 Å².